The van der Waals surface area contributed by atoms with Gasteiger partial charge in [0.15, 0.2) is 0 Å². The van der Waals surface area contributed by atoms with Crippen LogP contribution in [-0.4, -0.2) is 33.7 Å². The van der Waals surface area contributed by atoms with Crippen LogP contribution in [0.2, 0.25) is 5.02 Å². The fourth-order valence-corrected chi connectivity index (χ4v) is 1.96. The Morgan fingerprint density at radius 1 is 1.56 bits per heavy atom. The number of aromatic nitrogens is 1. The van der Waals surface area contributed by atoms with Gasteiger partial charge in [0.05, 0.1) is 13.2 Å². The minimum atomic E-state index is -0.992. The highest BCUT2D eigenvalue weighted by atomic mass is 79.9. The molecular weight excluding hydrogens is 297 g/mol. The molecular formula is C10H13BrClNO3. The summed E-state index contributed by atoms with van der Waals surface area (Å²) in [7, 11) is 1.46. The van der Waals surface area contributed by atoms with E-state index in [1.54, 1.807) is 0 Å². The van der Waals surface area contributed by atoms with Crippen LogP contribution >= 0.6 is 27.5 Å². The number of hydrogen-bond donors (Lipinski definition) is 2. The fraction of sp³-hybridized carbons (Fsp3) is 0.500. The van der Waals surface area contributed by atoms with Crippen LogP contribution < -0.4 is 4.74 Å². The van der Waals surface area contributed by atoms with Crippen LogP contribution in [0.4, 0.5) is 0 Å². The predicted octanol–water partition coefficient (Wildman–Crippen LogP) is 1.92. The molecule has 0 aromatic carbocycles. The number of nitrogens with zero attached hydrogens (tertiary/aromatic N) is 1. The number of hydrogen-bond acceptors (Lipinski definition) is 4. The van der Waals surface area contributed by atoms with Crippen molar-refractivity contribution in [2.45, 2.75) is 18.6 Å². The number of rotatable bonds is 5. The third-order valence-corrected chi connectivity index (χ3v) is 2.86. The minimum Gasteiger partial charge on any atom is -0.480 e. The summed E-state index contributed by atoms with van der Waals surface area (Å²) in [5.41, 5.74) is 0.472. The number of pyridine rings is 1. The molecule has 6 heteroatoms. The second kappa shape index (κ2) is 6.39. The van der Waals surface area contributed by atoms with E-state index in [1.807, 2.05) is 0 Å². The number of alkyl halides is 1. The summed E-state index contributed by atoms with van der Waals surface area (Å²) in [5.74, 6) is 0.299. The van der Waals surface area contributed by atoms with E-state index in [2.05, 4.69) is 20.9 Å². The van der Waals surface area contributed by atoms with Gasteiger partial charge in [-0.3, -0.25) is 0 Å². The minimum absolute atomic E-state index is 0.299. The molecule has 0 aliphatic carbocycles. The maximum absolute atomic E-state index is 9.80. The molecule has 1 aromatic heterocycles. The van der Waals surface area contributed by atoms with Crippen LogP contribution in [0.15, 0.2) is 12.3 Å². The summed E-state index contributed by atoms with van der Waals surface area (Å²) < 4.78 is 4.89. The molecule has 90 valence electrons. The van der Waals surface area contributed by atoms with Gasteiger partial charge in [-0.15, -0.1) is 0 Å². The standard InChI is InChI=1S/C10H13BrClNO3/c1-16-10-7(12)4-6(5-13-10)9(15)8(14)2-3-11/h4-5,8-9,14-15H,2-3H2,1H3. The zero-order chi connectivity index (χ0) is 12.1. The van der Waals surface area contributed by atoms with E-state index in [0.29, 0.717) is 28.2 Å². The Kier molecular flexibility index (Phi) is 5.48. The van der Waals surface area contributed by atoms with Crippen molar-refractivity contribution in [3.05, 3.63) is 22.8 Å². The van der Waals surface area contributed by atoms with Gasteiger partial charge in [0.25, 0.3) is 0 Å². The highest BCUT2D eigenvalue weighted by molar-refractivity contribution is 9.09. The smallest absolute Gasteiger partial charge is 0.232 e. The van der Waals surface area contributed by atoms with Crippen molar-refractivity contribution < 1.29 is 14.9 Å². The zero-order valence-electron chi connectivity index (χ0n) is 8.73. The molecule has 0 saturated heterocycles. The predicted molar refractivity (Wildman–Crippen MR) is 65.2 cm³/mol. The van der Waals surface area contributed by atoms with Crippen LogP contribution in [0.3, 0.4) is 0 Å². The third kappa shape index (κ3) is 3.31. The second-order valence-corrected chi connectivity index (χ2v) is 4.45. The van der Waals surface area contributed by atoms with Crippen LogP contribution in [0, 0.1) is 0 Å². The quantitative estimate of drug-likeness (QED) is 0.816. The fourth-order valence-electron chi connectivity index (χ4n) is 1.24. The number of methoxy groups -OCH3 is 1. The van der Waals surface area contributed by atoms with Crippen LogP contribution in [0.5, 0.6) is 5.88 Å². The Morgan fingerprint density at radius 2 is 2.25 bits per heavy atom. The summed E-state index contributed by atoms with van der Waals surface area (Å²) in [6.45, 7) is 0. The van der Waals surface area contributed by atoms with Crippen molar-refractivity contribution in [3.63, 3.8) is 0 Å². The number of halogens is 2. The first-order valence-corrected chi connectivity index (χ1v) is 6.21. The van der Waals surface area contributed by atoms with Crippen molar-refractivity contribution >= 4 is 27.5 Å². The lowest BCUT2D eigenvalue weighted by atomic mass is 10.0. The van der Waals surface area contributed by atoms with Crippen molar-refractivity contribution in [2.75, 3.05) is 12.4 Å². The summed E-state index contributed by atoms with van der Waals surface area (Å²) in [4.78, 5) is 3.92. The van der Waals surface area contributed by atoms with Crippen LogP contribution in [0.1, 0.15) is 18.1 Å². The first-order valence-electron chi connectivity index (χ1n) is 4.71. The lowest BCUT2D eigenvalue weighted by Crippen LogP contribution is -2.18. The topological polar surface area (TPSA) is 62.6 Å². The Morgan fingerprint density at radius 3 is 2.75 bits per heavy atom. The lowest BCUT2D eigenvalue weighted by molar-refractivity contribution is 0.0171. The molecule has 1 heterocycles. The van der Waals surface area contributed by atoms with Crippen molar-refractivity contribution in [1.29, 1.82) is 0 Å². The highest BCUT2D eigenvalue weighted by Crippen LogP contribution is 2.26. The summed E-state index contributed by atoms with van der Waals surface area (Å²) in [6, 6.07) is 1.54. The number of ether oxygens (including phenoxy) is 1. The Hall–Kier alpha value is -0.360. The van der Waals surface area contributed by atoms with Crippen molar-refractivity contribution in [2.24, 2.45) is 0 Å². The van der Waals surface area contributed by atoms with E-state index in [4.69, 9.17) is 16.3 Å². The SMILES string of the molecule is COc1ncc(C(O)C(O)CCBr)cc1Cl. The van der Waals surface area contributed by atoms with Crippen molar-refractivity contribution in [1.82, 2.24) is 4.98 Å². The van der Waals surface area contributed by atoms with E-state index < -0.39 is 12.2 Å². The van der Waals surface area contributed by atoms with Gasteiger partial charge in [0.1, 0.15) is 11.1 Å². The molecule has 0 spiro atoms. The van der Waals surface area contributed by atoms with Crippen LogP contribution in [-0.2, 0) is 0 Å². The molecule has 0 bridgehead atoms. The van der Waals surface area contributed by atoms with E-state index in [1.165, 1.54) is 19.4 Å². The maximum Gasteiger partial charge on any atom is 0.232 e. The van der Waals surface area contributed by atoms with Crippen molar-refractivity contribution in [3.8, 4) is 5.88 Å². The first-order chi connectivity index (χ1) is 7.60. The summed E-state index contributed by atoms with van der Waals surface area (Å²) in [5, 5.41) is 20.3. The van der Waals surface area contributed by atoms with Gasteiger partial charge >= 0.3 is 0 Å². The van der Waals surface area contributed by atoms with E-state index in [0.717, 1.165) is 0 Å². The maximum atomic E-state index is 9.80. The summed E-state index contributed by atoms with van der Waals surface area (Å²) in [6.07, 6.45) is 0.0524. The molecule has 1 rings (SSSR count). The van der Waals surface area contributed by atoms with Gasteiger partial charge in [0, 0.05) is 17.1 Å². The summed E-state index contributed by atoms with van der Waals surface area (Å²) >= 11 is 9.06. The molecule has 1 aromatic rings. The number of aliphatic hydroxyl groups is 2. The van der Waals surface area contributed by atoms with E-state index >= 15 is 0 Å². The average molecular weight is 311 g/mol. The molecule has 4 nitrogen and oxygen atoms in total. The Bertz CT molecular complexity index is 351. The number of aliphatic hydroxyl groups excluding tert-OH is 2. The zero-order valence-corrected chi connectivity index (χ0v) is 11.1. The Labute approximate surface area is 107 Å². The first kappa shape index (κ1) is 13.7. The molecule has 16 heavy (non-hydrogen) atoms. The molecule has 0 aliphatic heterocycles. The normalized spacial score (nSPS) is 14.6. The van der Waals surface area contributed by atoms with E-state index in [-0.39, 0.29) is 0 Å². The molecule has 0 aliphatic rings. The highest BCUT2D eigenvalue weighted by Gasteiger charge is 2.19. The largest absolute Gasteiger partial charge is 0.480 e. The molecule has 0 amide bonds. The third-order valence-electron chi connectivity index (χ3n) is 2.13. The monoisotopic (exact) mass is 309 g/mol. The van der Waals surface area contributed by atoms with Gasteiger partial charge in [0.2, 0.25) is 5.88 Å². The molecule has 2 N–H and O–H groups in total. The van der Waals surface area contributed by atoms with Gasteiger partial charge in [-0.1, -0.05) is 27.5 Å². The van der Waals surface area contributed by atoms with Gasteiger partial charge < -0.3 is 14.9 Å². The molecule has 2 unspecified atom stereocenters. The van der Waals surface area contributed by atoms with Crippen LogP contribution in [0.25, 0.3) is 0 Å². The molecule has 0 radical (unpaired) electrons. The lowest BCUT2D eigenvalue weighted by Gasteiger charge is -2.17. The second-order valence-electron chi connectivity index (χ2n) is 3.25. The van der Waals surface area contributed by atoms with Gasteiger partial charge in [-0.05, 0) is 12.5 Å². The van der Waals surface area contributed by atoms with Gasteiger partial charge in [-0.2, -0.15) is 0 Å². The Balaban J connectivity index is 2.84. The van der Waals surface area contributed by atoms with E-state index in [9.17, 15) is 10.2 Å². The molecule has 0 fully saturated rings. The van der Waals surface area contributed by atoms with Gasteiger partial charge in [-0.25, -0.2) is 4.98 Å². The molecule has 0 saturated carbocycles. The average Bonchev–Trinajstić information content (AvgIpc) is 2.28. The molecule has 2 atom stereocenters.